The van der Waals surface area contributed by atoms with E-state index in [1.165, 1.54) is 66.1 Å². The van der Waals surface area contributed by atoms with E-state index in [1.54, 1.807) is 6.20 Å². The number of hydrogen-bond donors (Lipinski definition) is 0. The average molecular weight is 614 g/mol. The van der Waals surface area contributed by atoms with E-state index in [4.69, 9.17) is 9.40 Å². The van der Waals surface area contributed by atoms with Gasteiger partial charge in [-0.25, -0.2) is 9.97 Å². The Balaban J connectivity index is 1.27. The molecule has 1 aliphatic carbocycles. The number of benzene rings is 6. The minimum atomic E-state index is 0.611. The van der Waals surface area contributed by atoms with Crippen LogP contribution in [-0.2, 0) is 0 Å². The van der Waals surface area contributed by atoms with Crippen molar-refractivity contribution in [2.24, 2.45) is 0 Å². The zero-order valence-corrected chi connectivity index (χ0v) is 26.1. The van der Waals surface area contributed by atoms with Crippen LogP contribution in [0.2, 0.25) is 0 Å². The van der Waals surface area contributed by atoms with Crippen LogP contribution in [0.4, 0.5) is 0 Å². The van der Waals surface area contributed by atoms with Crippen molar-refractivity contribution in [1.29, 1.82) is 0 Å². The van der Waals surface area contributed by atoms with Gasteiger partial charge in [0.1, 0.15) is 11.2 Å². The number of aromatic nitrogens is 3. The van der Waals surface area contributed by atoms with Crippen LogP contribution in [0.5, 0.6) is 0 Å². The molecule has 0 saturated carbocycles. The minimum Gasteiger partial charge on any atom is -0.441 e. The van der Waals surface area contributed by atoms with Crippen molar-refractivity contribution < 1.29 is 4.42 Å². The number of hydrogen-bond acceptors (Lipinski definition) is 4. The molecule has 0 bridgehead atoms. The maximum absolute atomic E-state index is 5.80. The van der Waals surface area contributed by atoms with Gasteiger partial charge in [-0.15, -0.1) is 0 Å². The molecule has 0 saturated heterocycles. The molecule has 3 heterocycles. The highest BCUT2D eigenvalue weighted by atomic mass is 16.3. The van der Waals surface area contributed by atoms with Crippen LogP contribution in [-0.4, -0.2) is 15.0 Å². The molecule has 4 heteroatoms. The van der Waals surface area contributed by atoms with Gasteiger partial charge in [-0.2, -0.15) is 0 Å². The molecule has 48 heavy (non-hydrogen) atoms. The Morgan fingerprint density at radius 1 is 0.458 bits per heavy atom. The van der Waals surface area contributed by atoms with Gasteiger partial charge in [-0.1, -0.05) is 121 Å². The number of aryl methyl sites for hydroxylation is 1. The lowest BCUT2D eigenvalue weighted by Gasteiger charge is -2.20. The third-order valence-corrected chi connectivity index (χ3v) is 9.60. The second-order valence-corrected chi connectivity index (χ2v) is 12.3. The standard InChI is InChI=1S/C44H27N3O/c1-26-46-44-37(48-26)24-25-45-43(44)36-21-11-20-35(47-36)29-22-23-34-40-30(29)18-10-19-33(40)41-38(27-12-4-2-5-13-27)31-16-8-9-17-32(31)39(42(34)41)28-14-6-3-7-15-28/h2-25H,1H3. The second-order valence-electron chi connectivity index (χ2n) is 12.3. The first kappa shape index (κ1) is 26.8. The largest absolute Gasteiger partial charge is 0.441 e. The maximum atomic E-state index is 5.80. The summed E-state index contributed by atoms with van der Waals surface area (Å²) in [6.07, 6.45) is 1.76. The number of pyridine rings is 2. The molecule has 224 valence electrons. The predicted molar refractivity (Wildman–Crippen MR) is 196 cm³/mol. The fraction of sp³-hybridized carbons (Fsp3) is 0.0227. The molecule has 0 fully saturated rings. The van der Waals surface area contributed by atoms with Crippen molar-refractivity contribution >= 4 is 32.6 Å². The molecule has 0 amide bonds. The molecule has 6 aromatic carbocycles. The van der Waals surface area contributed by atoms with Crippen molar-refractivity contribution in [2.75, 3.05) is 0 Å². The molecule has 0 aliphatic heterocycles. The minimum absolute atomic E-state index is 0.611. The van der Waals surface area contributed by atoms with Gasteiger partial charge < -0.3 is 4.42 Å². The number of oxazole rings is 1. The highest BCUT2D eigenvalue weighted by Gasteiger charge is 2.31. The molecule has 0 spiro atoms. The Kier molecular flexibility index (Phi) is 5.75. The van der Waals surface area contributed by atoms with Crippen molar-refractivity contribution in [3.8, 4) is 67.2 Å². The number of fused-ring (bicyclic) bond motifs is 5. The van der Waals surface area contributed by atoms with Crippen LogP contribution in [0.15, 0.2) is 150 Å². The van der Waals surface area contributed by atoms with Crippen molar-refractivity contribution in [3.05, 3.63) is 152 Å². The molecule has 10 rings (SSSR count). The molecule has 0 radical (unpaired) electrons. The smallest absolute Gasteiger partial charge is 0.192 e. The average Bonchev–Trinajstić information content (AvgIpc) is 3.69. The van der Waals surface area contributed by atoms with E-state index in [2.05, 4.69) is 137 Å². The van der Waals surface area contributed by atoms with E-state index in [0.29, 0.717) is 11.5 Å². The zero-order valence-electron chi connectivity index (χ0n) is 26.1. The van der Waals surface area contributed by atoms with Gasteiger partial charge in [0, 0.05) is 24.8 Å². The lowest BCUT2D eigenvalue weighted by Crippen LogP contribution is -1.93. The van der Waals surface area contributed by atoms with E-state index >= 15 is 0 Å². The Labute approximate surface area is 277 Å². The summed E-state index contributed by atoms with van der Waals surface area (Å²) in [6.45, 7) is 1.85. The summed E-state index contributed by atoms with van der Waals surface area (Å²) >= 11 is 0. The second kappa shape index (κ2) is 10.3. The summed E-state index contributed by atoms with van der Waals surface area (Å²) in [7, 11) is 0. The molecule has 0 N–H and O–H groups in total. The van der Waals surface area contributed by atoms with Crippen molar-refractivity contribution in [1.82, 2.24) is 15.0 Å². The van der Waals surface area contributed by atoms with Gasteiger partial charge in [0.15, 0.2) is 11.5 Å². The predicted octanol–water partition coefficient (Wildman–Crippen LogP) is 11.5. The molecule has 9 aromatic rings. The lowest BCUT2D eigenvalue weighted by atomic mass is 9.82. The van der Waals surface area contributed by atoms with Crippen LogP contribution in [0.1, 0.15) is 5.89 Å². The SMILES string of the molecule is Cc1nc2c(-c3cccc(-c4ccc5c6c(cccc46)-c4c-5c(-c5ccccc5)c5ccccc5c4-c4ccccc4)n3)nccc2o1. The quantitative estimate of drug-likeness (QED) is 0.198. The summed E-state index contributed by atoms with van der Waals surface area (Å²) < 4.78 is 5.80. The Hall–Kier alpha value is -6.39. The maximum Gasteiger partial charge on any atom is 0.192 e. The van der Waals surface area contributed by atoms with E-state index in [0.717, 1.165) is 28.2 Å². The van der Waals surface area contributed by atoms with Gasteiger partial charge in [-0.3, -0.25) is 4.98 Å². The molecule has 1 aliphatic rings. The normalized spacial score (nSPS) is 11.9. The molecule has 0 atom stereocenters. The highest BCUT2D eigenvalue weighted by molar-refractivity contribution is 6.28. The van der Waals surface area contributed by atoms with Gasteiger partial charge >= 0.3 is 0 Å². The van der Waals surface area contributed by atoms with E-state index < -0.39 is 0 Å². The Morgan fingerprint density at radius 2 is 1.04 bits per heavy atom. The Morgan fingerprint density at radius 3 is 1.75 bits per heavy atom. The first-order valence-electron chi connectivity index (χ1n) is 16.2. The van der Waals surface area contributed by atoms with E-state index in [1.807, 2.05) is 19.1 Å². The van der Waals surface area contributed by atoms with Gasteiger partial charge in [0.05, 0.1) is 11.4 Å². The topological polar surface area (TPSA) is 51.8 Å². The van der Waals surface area contributed by atoms with Crippen molar-refractivity contribution in [3.63, 3.8) is 0 Å². The molecular weight excluding hydrogens is 587 g/mol. The fourth-order valence-corrected chi connectivity index (χ4v) is 7.70. The van der Waals surface area contributed by atoms with Crippen LogP contribution < -0.4 is 0 Å². The summed E-state index contributed by atoms with van der Waals surface area (Å²) in [5.41, 5.74) is 15.0. The third kappa shape index (κ3) is 3.86. The molecule has 0 unspecified atom stereocenters. The molecule has 3 aromatic heterocycles. The van der Waals surface area contributed by atoms with Crippen LogP contribution >= 0.6 is 0 Å². The van der Waals surface area contributed by atoms with E-state index in [-0.39, 0.29) is 0 Å². The van der Waals surface area contributed by atoms with Crippen LogP contribution in [0, 0.1) is 6.92 Å². The number of nitrogens with zero attached hydrogens (tertiary/aromatic N) is 3. The third-order valence-electron chi connectivity index (χ3n) is 9.60. The summed E-state index contributed by atoms with van der Waals surface area (Å²) in [6, 6.07) is 49.8. The summed E-state index contributed by atoms with van der Waals surface area (Å²) in [5, 5.41) is 4.95. The lowest BCUT2D eigenvalue weighted by molar-refractivity contribution is 0.561. The zero-order chi connectivity index (χ0) is 31.8. The monoisotopic (exact) mass is 613 g/mol. The molecule has 4 nitrogen and oxygen atoms in total. The highest BCUT2D eigenvalue weighted by Crippen LogP contribution is 2.58. The van der Waals surface area contributed by atoms with Crippen molar-refractivity contribution in [2.45, 2.75) is 6.92 Å². The summed E-state index contributed by atoms with van der Waals surface area (Å²) in [4.78, 5) is 14.5. The summed E-state index contributed by atoms with van der Waals surface area (Å²) in [5.74, 6) is 0.611. The van der Waals surface area contributed by atoms with Crippen LogP contribution in [0.3, 0.4) is 0 Å². The first-order chi connectivity index (χ1) is 23.7. The van der Waals surface area contributed by atoms with Gasteiger partial charge in [0.25, 0.3) is 0 Å². The van der Waals surface area contributed by atoms with Crippen LogP contribution in [0.25, 0.3) is 99.8 Å². The van der Waals surface area contributed by atoms with Gasteiger partial charge in [-0.05, 0) is 78.2 Å². The fourth-order valence-electron chi connectivity index (χ4n) is 7.70. The van der Waals surface area contributed by atoms with E-state index in [9.17, 15) is 0 Å². The van der Waals surface area contributed by atoms with Gasteiger partial charge in [0.2, 0.25) is 0 Å². The Bertz CT molecular complexity index is 2640. The molecular formula is C44H27N3O. The first-order valence-corrected chi connectivity index (χ1v) is 16.2. The number of rotatable bonds is 4.